The Labute approximate surface area is 65.1 Å². The van der Waals surface area contributed by atoms with Crippen LogP contribution in [0.4, 0.5) is 4.39 Å². The van der Waals surface area contributed by atoms with Crippen molar-refractivity contribution in [1.29, 1.82) is 0 Å². The van der Waals surface area contributed by atoms with Crippen LogP contribution in [0.5, 0.6) is 0 Å². The summed E-state index contributed by atoms with van der Waals surface area (Å²) >= 11 is 0. The van der Waals surface area contributed by atoms with Crippen LogP contribution in [0.15, 0.2) is 37.1 Å². The molecule has 0 aromatic heterocycles. The SMILES string of the molecule is C=COCc1ccc(F)cc1. The molecule has 0 bridgehead atoms. The van der Waals surface area contributed by atoms with Crippen LogP contribution in [-0.2, 0) is 11.3 Å². The predicted molar refractivity (Wildman–Crippen MR) is 41.4 cm³/mol. The van der Waals surface area contributed by atoms with Gasteiger partial charge in [0.1, 0.15) is 12.4 Å². The molecule has 0 unspecified atom stereocenters. The largest absolute Gasteiger partial charge is 0.497 e. The van der Waals surface area contributed by atoms with Crippen LogP contribution in [0, 0.1) is 5.82 Å². The Morgan fingerprint density at radius 3 is 2.55 bits per heavy atom. The highest BCUT2D eigenvalue weighted by Gasteiger charge is 1.91. The fourth-order valence-corrected chi connectivity index (χ4v) is 0.736. The Balaban J connectivity index is 2.58. The number of benzene rings is 1. The van der Waals surface area contributed by atoms with Crippen molar-refractivity contribution in [3.8, 4) is 0 Å². The molecule has 1 nitrogen and oxygen atoms in total. The highest BCUT2D eigenvalue weighted by Crippen LogP contribution is 2.03. The van der Waals surface area contributed by atoms with Crippen LogP contribution < -0.4 is 0 Å². The maximum Gasteiger partial charge on any atom is 0.123 e. The van der Waals surface area contributed by atoms with E-state index in [1.807, 2.05) is 0 Å². The normalized spacial score (nSPS) is 9.18. The standard InChI is InChI=1S/C9H9FO/c1-2-11-7-8-3-5-9(10)6-4-8/h2-6H,1,7H2. The molecule has 0 aliphatic heterocycles. The molecule has 0 N–H and O–H groups in total. The van der Waals surface area contributed by atoms with Crippen LogP contribution in [0.3, 0.4) is 0 Å². The van der Waals surface area contributed by atoms with Crippen LogP contribution in [-0.4, -0.2) is 0 Å². The summed E-state index contributed by atoms with van der Waals surface area (Å²) in [6.45, 7) is 3.85. The molecule has 1 rings (SSSR count). The number of hydrogen-bond donors (Lipinski definition) is 0. The molecule has 2 heteroatoms. The van der Waals surface area contributed by atoms with Gasteiger partial charge < -0.3 is 4.74 Å². The molecule has 0 aliphatic carbocycles. The highest BCUT2D eigenvalue weighted by molar-refractivity contribution is 5.14. The van der Waals surface area contributed by atoms with Crippen LogP contribution in [0.1, 0.15) is 5.56 Å². The summed E-state index contributed by atoms with van der Waals surface area (Å²) in [4.78, 5) is 0. The number of hydrogen-bond acceptors (Lipinski definition) is 1. The quantitative estimate of drug-likeness (QED) is 0.604. The Kier molecular flexibility index (Phi) is 2.66. The molecule has 58 valence electrons. The third kappa shape index (κ3) is 2.42. The summed E-state index contributed by atoms with van der Waals surface area (Å²) in [6, 6.07) is 6.17. The summed E-state index contributed by atoms with van der Waals surface area (Å²) in [5.41, 5.74) is 0.936. The summed E-state index contributed by atoms with van der Waals surface area (Å²) in [6.07, 6.45) is 1.36. The van der Waals surface area contributed by atoms with E-state index in [9.17, 15) is 4.39 Å². The maximum atomic E-state index is 12.3. The van der Waals surface area contributed by atoms with Crippen LogP contribution >= 0.6 is 0 Å². The summed E-state index contributed by atoms with van der Waals surface area (Å²) in [5, 5.41) is 0. The van der Waals surface area contributed by atoms with E-state index < -0.39 is 0 Å². The van der Waals surface area contributed by atoms with Gasteiger partial charge in [-0.1, -0.05) is 18.7 Å². The minimum atomic E-state index is -0.229. The molecule has 0 atom stereocenters. The molecule has 0 fully saturated rings. The molecule has 0 radical (unpaired) electrons. The van der Waals surface area contributed by atoms with E-state index in [-0.39, 0.29) is 5.82 Å². The fourth-order valence-electron chi connectivity index (χ4n) is 0.736. The van der Waals surface area contributed by atoms with E-state index >= 15 is 0 Å². The third-order valence-corrected chi connectivity index (χ3v) is 1.28. The van der Waals surface area contributed by atoms with Crippen molar-refractivity contribution in [3.05, 3.63) is 48.5 Å². The number of ether oxygens (including phenoxy) is 1. The minimum Gasteiger partial charge on any atom is -0.497 e. The van der Waals surface area contributed by atoms with Crippen molar-refractivity contribution in [2.24, 2.45) is 0 Å². The Morgan fingerprint density at radius 2 is 2.00 bits per heavy atom. The molecule has 0 spiro atoms. The molecule has 11 heavy (non-hydrogen) atoms. The van der Waals surface area contributed by atoms with Gasteiger partial charge in [0.25, 0.3) is 0 Å². The maximum absolute atomic E-state index is 12.3. The average molecular weight is 152 g/mol. The zero-order valence-electron chi connectivity index (χ0n) is 6.09. The molecule has 0 heterocycles. The summed E-state index contributed by atoms with van der Waals surface area (Å²) in [5.74, 6) is -0.229. The van der Waals surface area contributed by atoms with Gasteiger partial charge in [0, 0.05) is 0 Å². The molecule has 0 saturated carbocycles. The Hall–Kier alpha value is -1.31. The lowest BCUT2D eigenvalue weighted by Gasteiger charge is -1.99. The van der Waals surface area contributed by atoms with Gasteiger partial charge in [-0.05, 0) is 17.7 Å². The van der Waals surface area contributed by atoms with E-state index in [0.717, 1.165) is 5.56 Å². The van der Waals surface area contributed by atoms with Gasteiger partial charge in [0.15, 0.2) is 0 Å². The molecule has 1 aromatic carbocycles. The zero-order chi connectivity index (χ0) is 8.10. The van der Waals surface area contributed by atoms with Gasteiger partial charge >= 0.3 is 0 Å². The summed E-state index contributed by atoms with van der Waals surface area (Å²) < 4.78 is 17.2. The number of rotatable bonds is 3. The molecule has 1 aromatic rings. The smallest absolute Gasteiger partial charge is 0.123 e. The lowest BCUT2D eigenvalue weighted by atomic mass is 10.2. The first kappa shape index (κ1) is 7.79. The van der Waals surface area contributed by atoms with Crippen molar-refractivity contribution in [2.45, 2.75) is 6.61 Å². The van der Waals surface area contributed by atoms with Gasteiger partial charge in [-0.25, -0.2) is 4.39 Å². The van der Waals surface area contributed by atoms with E-state index in [1.54, 1.807) is 12.1 Å². The zero-order valence-corrected chi connectivity index (χ0v) is 6.09. The monoisotopic (exact) mass is 152 g/mol. The molecular formula is C9H9FO. The Bertz CT molecular complexity index is 228. The third-order valence-electron chi connectivity index (χ3n) is 1.28. The van der Waals surface area contributed by atoms with E-state index in [0.29, 0.717) is 6.61 Å². The average Bonchev–Trinajstić information content (AvgIpc) is 2.04. The topological polar surface area (TPSA) is 9.23 Å². The van der Waals surface area contributed by atoms with Crippen LogP contribution in [0.2, 0.25) is 0 Å². The first-order valence-corrected chi connectivity index (χ1v) is 3.30. The minimum absolute atomic E-state index is 0.229. The lowest BCUT2D eigenvalue weighted by Crippen LogP contribution is -1.85. The van der Waals surface area contributed by atoms with E-state index in [2.05, 4.69) is 6.58 Å². The molecular weight excluding hydrogens is 143 g/mol. The molecule has 0 saturated heterocycles. The summed E-state index contributed by atoms with van der Waals surface area (Å²) in [7, 11) is 0. The second kappa shape index (κ2) is 3.76. The first-order chi connectivity index (χ1) is 5.33. The van der Waals surface area contributed by atoms with Gasteiger partial charge in [-0.3, -0.25) is 0 Å². The van der Waals surface area contributed by atoms with Crippen LogP contribution in [0.25, 0.3) is 0 Å². The first-order valence-electron chi connectivity index (χ1n) is 3.30. The highest BCUT2D eigenvalue weighted by atomic mass is 19.1. The van der Waals surface area contributed by atoms with Crippen molar-refractivity contribution in [2.75, 3.05) is 0 Å². The van der Waals surface area contributed by atoms with E-state index in [4.69, 9.17) is 4.74 Å². The fraction of sp³-hybridized carbons (Fsp3) is 0.111. The van der Waals surface area contributed by atoms with Gasteiger partial charge in [0.2, 0.25) is 0 Å². The Morgan fingerprint density at radius 1 is 1.36 bits per heavy atom. The molecule has 0 aliphatic rings. The van der Waals surface area contributed by atoms with Crippen molar-refractivity contribution in [3.63, 3.8) is 0 Å². The van der Waals surface area contributed by atoms with E-state index in [1.165, 1.54) is 18.4 Å². The van der Waals surface area contributed by atoms with Gasteiger partial charge in [-0.2, -0.15) is 0 Å². The van der Waals surface area contributed by atoms with Crippen molar-refractivity contribution < 1.29 is 9.13 Å². The predicted octanol–water partition coefficient (Wildman–Crippen LogP) is 2.49. The van der Waals surface area contributed by atoms with Crippen molar-refractivity contribution >= 4 is 0 Å². The second-order valence-corrected chi connectivity index (χ2v) is 2.10. The second-order valence-electron chi connectivity index (χ2n) is 2.10. The molecule has 0 amide bonds. The number of halogens is 1. The van der Waals surface area contributed by atoms with Gasteiger partial charge in [0.05, 0.1) is 6.26 Å². The van der Waals surface area contributed by atoms with Crippen molar-refractivity contribution in [1.82, 2.24) is 0 Å². The van der Waals surface area contributed by atoms with Gasteiger partial charge in [-0.15, -0.1) is 0 Å². The lowest BCUT2D eigenvalue weighted by molar-refractivity contribution is 0.237.